The molecule has 0 spiro atoms. The molecule has 2 unspecified atom stereocenters. The number of aromatic amines is 1. The Balaban J connectivity index is 1.37. The largest absolute Gasteiger partial charge is 0.418 e. The average molecular weight is 560 g/mol. The van der Waals surface area contributed by atoms with Crippen molar-refractivity contribution >= 4 is 23.5 Å². The highest BCUT2D eigenvalue weighted by molar-refractivity contribution is 5.98. The van der Waals surface area contributed by atoms with E-state index in [1.165, 1.54) is 4.90 Å². The number of fused-ring (bicyclic) bond motifs is 1. The summed E-state index contributed by atoms with van der Waals surface area (Å²) in [6, 6.07) is 1.14. The van der Waals surface area contributed by atoms with E-state index in [0.717, 1.165) is 12.5 Å². The standard InChI is InChI=1S/C24H26F6N6O3/c25-23(26,27)14-11-31-15(10-13(14)22(39)36-6-2-1-3-7-36)35-8-4-12(5-9-35)18-16-17(24(28,29)30)19(37)21(38)32-20(16)34-33-18/h10-12,17,19,37H,1-9H2,(H2,32,33,34,38). The van der Waals surface area contributed by atoms with Gasteiger partial charge in [-0.05, 0) is 38.2 Å². The molecule has 15 heteroatoms. The van der Waals surface area contributed by atoms with E-state index in [0.29, 0.717) is 32.1 Å². The summed E-state index contributed by atoms with van der Waals surface area (Å²) < 4.78 is 82.5. The normalized spacial score (nSPS) is 23.0. The van der Waals surface area contributed by atoms with Crippen LogP contribution in [0.3, 0.4) is 0 Å². The van der Waals surface area contributed by atoms with E-state index >= 15 is 0 Å². The Kier molecular flexibility index (Phi) is 6.97. The number of likely N-dealkylation sites (tertiary alicyclic amines) is 1. The molecule has 5 rings (SSSR count). The van der Waals surface area contributed by atoms with Crippen LogP contribution < -0.4 is 10.2 Å². The van der Waals surface area contributed by atoms with Crippen molar-refractivity contribution in [2.75, 3.05) is 36.4 Å². The number of aromatic nitrogens is 3. The van der Waals surface area contributed by atoms with Gasteiger partial charge in [0, 0.05) is 43.9 Å². The molecule has 9 nitrogen and oxygen atoms in total. The lowest BCUT2D eigenvalue weighted by Crippen LogP contribution is -2.44. The van der Waals surface area contributed by atoms with Crippen molar-refractivity contribution in [3.8, 4) is 0 Å². The van der Waals surface area contributed by atoms with Crippen LogP contribution in [0.1, 0.15) is 71.1 Å². The van der Waals surface area contributed by atoms with Crippen LogP contribution >= 0.6 is 0 Å². The second-order valence-electron chi connectivity index (χ2n) is 10.1. The molecule has 2 aromatic rings. The molecule has 39 heavy (non-hydrogen) atoms. The number of H-pyrrole nitrogens is 1. The lowest BCUT2D eigenvalue weighted by Gasteiger charge is -2.35. The topological polar surface area (TPSA) is 114 Å². The Bertz CT molecular complexity index is 1250. The number of anilines is 2. The molecule has 3 aliphatic rings. The number of amides is 2. The highest BCUT2D eigenvalue weighted by Crippen LogP contribution is 2.47. The molecule has 2 amide bonds. The van der Waals surface area contributed by atoms with Crippen LogP contribution in [0.2, 0.25) is 0 Å². The third-order valence-electron chi connectivity index (χ3n) is 7.60. The fourth-order valence-corrected chi connectivity index (χ4v) is 5.60. The van der Waals surface area contributed by atoms with E-state index in [1.807, 2.05) is 0 Å². The van der Waals surface area contributed by atoms with Crippen LogP contribution in [0.15, 0.2) is 12.3 Å². The lowest BCUT2D eigenvalue weighted by molar-refractivity contribution is -0.177. The molecule has 0 saturated carbocycles. The molecule has 3 aliphatic heterocycles. The summed E-state index contributed by atoms with van der Waals surface area (Å²) in [4.78, 5) is 31.9. The quantitative estimate of drug-likeness (QED) is 0.493. The van der Waals surface area contributed by atoms with Crippen LogP contribution in [0.25, 0.3) is 0 Å². The molecule has 2 fully saturated rings. The predicted octanol–water partition coefficient (Wildman–Crippen LogP) is 3.79. The van der Waals surface area contributed by atoms with E-state index in [9.17, 15) is 41.0 Å². The van der Waals surface area contributed by atoms with Crippen LogP contribution in [0.4, 0.5) is 38.0 Å². The maximum atomic E-state index is 13.8. The summed E-state index contributed by atoms with van der Waals surface area (Å²) in [6.45, 7) is 1.21. The van der Waals surface area contributed by atoms with Gasteiger partial charge in [0.05, 0.1) is 16.8 Å². The van der Waals surface area contributed by atoms with E-state index in [4.69, 9.17) is 0 Å². The van der Waals surface area contributed by atoms with Crippen molar-refractivity contribution in [2.45, 2.75) is 62.4 Å². The third-order valence-corrected chi connectivity index (χ3v) is 7.60. The smallest absolute Gasteiger partial charge is 0.382 e. The number of aliphatic hydroxyl groups excluding tert-OH is 1. The summed E-state index contributed by atoms with van der Waals surface area (Å²) in [7, 11) is 0. The van der Waals surface area contributed by atoms with Gasteiger partial charge in [-0.2, -0.15) is 31.4 Å². The van der Waals surface area contributed by atoms with E-state index in [1.54, 1.807) is 4.90 Å². The maximum Gasteiger partial charge on any atom is 0.418 e. The third kappa shape index (κ3) is 5.15. The van der Waals surface area contributed by atoms with Gasteiger partial charge in [0.1, 0.15) is 23.7 Å². The van der Waals surface area contributed by atoms with Crippen molar-refractivity contribution in [3.05, 3.63) is 34.6 Å². The summed E-state index contributed by atoms with van der Waals surface area (Å²) in [6.07, 6.45) is -8.44. The number of hydrogen-bond acceptors (Lipinski definition) is 6. The highest BCUT2D eigenvalue weighted by atomic mass is 19.4. The summed E-state index contributed by atoms with van der Waals surface area (Å²) >= 11 is 0. The Morgan fingerprint density at radius 2 is 1.69 bits per heavy atom. The van der Waals surface area contributed by atoms with Crippen LogP contribution in [0, 0.1) is 0 Å². The minimum atomic E-state index is -4.90. The highest BCUT2D eigenvalue weighted by Gasteiger charge is 2.54. The van der Waals surface area contributed by atoms with Gasteiger partial charge in [-0.3, -0.25) is 14.7 Å². The van der Waals surface area contributed by atoms with E-state index in [-0.39, 0.29) is 48.8 Å². The Hall–Kier alpha value is -3.36. The van der Waals surface area contributed by atoms with Gasteiger partial charge >= 0.3 is 12.4 Å². The van der Waals surface area contributed by atoms with Gasteiger partial charge in [-0.25, -0.2) is 4.98 Å². The molecule has 2 atom stereocenters. The second-order valence-corrected chi connectivity index (χ2v) is 10.1. The Morgan fingerprint density at radius 3 is 2.31 bits per heavy atom. The molecule has 212 valence electrons. The minimum Gasteiger partial charge on any atom is -0.382 e. The number of halogens is 6. The van der Waals surface area contributed by atoms with Gasteiger partial charge < -0.3 is 20.2 Å². The second kappa shape index (κ2) is 9.99. The summed E-state index contributed by atoms with van der Waals surface area (Å²) in [5, 5.41) is 18.6. The van der Waals surface area contributed by atoms with Crippen molar-refractivity contribution in [1.82, 2.24) is 20.1 Å². The van der Waals surface area contributed by atoms with Gasteiger partial charge in [0.25, 0.3) is 11.8 Å². The molecule has 2 aromatic heterocycles. The number of pyridine rings is 1. The number of hydrogen-bond donors (Lipinski definition) is 3. The van der Waals surface area contributed by atoms with Gasteiger partial charge in [0.2, 0.25) is 0 Å². The van der Waals surface area contributed by atoms with Crippen LogP contribution in [-0.2, 0) is 11.0 Å². The molecule has 2 saturated heterocycles. The first-order valence-corrected chi connectivity index (χ1v) is 12.6. The number of carbonyl (C=O) groups is 2. The SMILES string of the molecule is O=C1Nc2[nH]nc(C3CCN(c4cc(C(=O)N5CCCCC5)c(C(F)(F)F)cn4)CC3)c2C(C(F)(F)F)C1O. The fourth-order valence-electron chi connectivity index (χ4n) is 5.60. The predicted molar refractivity (Wildman–Crippen MR) is 125 cm³/mol. The minimum absolute atomic E-state index is 0.0763. The Morgan fingerprint density at radius 1 is 1.03 bits per heavy atom. The Labute approximate surface area is 218 Å². The zero-order chi connectivity index (χ0) is 28.1. The molecular formula is C24H26F6N6O3. The zero-order valence-electron chi connectivity index (χ0n) is 20.6. The molecular weight excluding hydrogens is 534 g/mol. The van der Waals surface area contributed by atoms with Crippen LogP contribution in [0.5, 0.6) is 0 Å². The summed E-state index contributed by atoms with van der Waals surface area (Å²) in [5.41, 5.74) is -1.82. The number of aliphatic hydroxyl groups is 1. The van der Waals surface area contributed by atoms with Crippen molar-refractivity contribution in [1.29, 1.82) is 0 Å². The monoisotopic (exact) mass is 560 g/mol. The molecule has 0 radical (unpaired) electrons. The lowest BCUT2D eigenvalue weighted by atomic mass is 9.83. The average Bonchev–Trinajstić information content (AvgIpc) is 3.30. The molecule has 5 heterocycles. The summed E-state index contributed by atoms with van der Waals surface area (Å²) in [5.74, 6) is -4.84. The van der Waals surface area contributed by atoms with Crippen molar-refractivity contribution < 1.29 is 41.0 Å². The molecule has 3 N–H and O–H groups in total. The maximum absolute atomic E-state index is 13.8. The zero-order valence-corrected chi connectivity index (χ0v) is 20.6. The van der Waals surface area contributed by atoms with Gasteiger partial charge in [-0.15, -0.1) is 0 Å². The fraction of sp³-hybridized carbons (Fsp3) is 0.583. The van der Waals surface area contributed by atoms with Crippen molar-refractivity contribution in [3.63, 3.8) is 0 Å². The number of nitrogens with zero attached hydrogens (tertiary/aromatic N) is 4. The number of nitrogens with one attached hydrogen (secondary N) is 2. The first-order valence-electron chi connectivity index (χ1n) is 12.6. The molecule has 0 aromatic carbocycles. The van der Waals surface area contributed by atoms with Crippen molar-refractivity contribution in [2.24, 2.45) is 0 Å². The first-order chi connectivity index (χ1) is 18.4. The first kappa shape index (κ1) is 27.2. The molecule has 0 aliphatic carbocycles. The van der Waals surface area contributed by atoms with Crippen LogP contribution in [-0.4, -0.2) is 75.5 Å². The van der Waals surface area contributed by atoms with Gasteiger partial charge in [-0.1, -0.05) is 0 Å². The van der Waals surface area contributed by atoms with E-state index < -0.39 is 53.2 Å². The molecule has 0 bridgehead atoms. The number of rotatable bonds is 3. The number of alkyl halides is 6. The number of piperidine rings is 2. The number of carbonyl (C=O) groups excluding carboxylic acids is 2. The van der Waals surface area contributed by atoms with E-state index in [2.05, 4.69) is 20.5 Å². The van der Waals surface area contributed by atoms with Gasteiger partial charge in [0.15, 0.2) is 0 Å².